The Labute approximate surface area is 378 Å². The van der Waals surface area contributed by atoms with Crippen LogP contribution in [-0.4, -0.2) is 19.7 Å². The number of benzene rings is 4. The summed E-state index contributed by atoms with van der Waals surface area (Å²) in [7, 11) is 1.88. The lowest BCUT2D eigenvalue weighted by Gasteiger charge is -2.58. The van der Waals surface area contributed by atoms with E-state index in [4.69, 9.17) is 14.2 Å². The molecule has 7 saturated carbocycles. The first-order valence-electron chi connectivity index (χ1n) is 25.5. The van der Waals surface area contributed by atoms with Gasteiger partial charge in [0, 0.05) is 30.4 Å². The van der Waals surface area contributed by atoms with Gasteiger partial charge in [-0.25, -0.2) is 0 Å². The molecular weight excluding hydrogens is 773 g/mol. The van der Waals surface area contributed by atoms with Gasteiger partial charge in [0.2, 0.25) is 0 Å². The van der Waals surface area contributed by atoms with Crippen molar-refractivity contribution < 1.29 is 19.0 Å². The van der Waals surface area contributed by atoms with Gasteiger partial charge in [0.1, 0.15) is 5.75 Å². The van der Waals surface area contributed by atoms with Crippen LogP contribution in [-0.2, 0) is 17.6 Å². The fraction of sp³-hybridized carbons (Fsp3) is 0.559. The van der Waals surface area contributed by atoms with Gasteiger partial charge >= 0.3 is 5.97 Å². The van der Waals surface area contributed by atoms with E-state index >= 15 is 0 Å². The van der Waals surface area contributed by atoms with E-state index in [0.29, 0.717) is 46.7 Å². The van der Waals surface area contributed by atoms with Crippen LogP contribution >= 0.6 is 0 Å². The van der Waals surface area contributed by atoms with Crippen molar-refractivity contribution in [2.45, 2.75) is 153 Å². The standard InChI is InChI=1S/C59H71O4/c1-38(60)63-51-21-18-39(19-22-51)26-49-32-55(50(28-41-17-20-46(27-41)45-13-7-4-8-14-45)36-59-33-42-23-43(34-59)25-44(24-42)35-59)56(58(57(49)61-2)62-37-40-11-5-3-6-12-40)31-48-29-47-30-54(48)53-16-10-9-15-52(47)53/h4,7-10,13-16,18-19,21-22,32,40-44,46-48,54H,3,5-6,11-12,17,20,23-31,33-37H2,1-2H3. The maximum absolute atomic E-state index is 11.8. The number of esters is 1. The maximum Gasteiger partial charge on any atom is 0.308 e. The van der Waals surface area contributed by atoms with Crippen molar-refractivity contribution in [2.24, 2.45) is 40.9 Å². The normalized spacial score (nSPS) is 30.5. The van der Waals surface area contributed by atoms with Crippen LogP contribution in [0.1, 0.15) is 179 Å². The minimum Gasteiger partial charge on any atom is -0.493 e. The van der Waals surface area contributed by atoms with Crippen LogP contribution in [0.3, 0.4) is 0 Å². The third kappa shape index (κ3) is 8.63. The number of hydrogen-bond donors (Lipinski definition) is 0. The molecule has 8 aliphatic rings. The molecule has 5 unspecified atom stereocenters. The summed E-state index contributed by atoms with van der Waals surface area (Å²) in [6, 6.07) is 31.6. The van der Waals surface area contributed by atoms with E-state index in [2.05, 4.69) is 72.8 Å². The van der Waals surface area contributed by atoms with E-state index in [1.54, 1.807) is 17.0 Å². The molecule has 5 atom stereocenters. The zero-order chi connectivity index (χ0) is 42.5. The van der Waals surface area contributed by atoms with E-state index in [1.165, 1.54) is 150 Å². The number of rotatable bonds is 15. The van der Waals surface area contributed by atoms with Crippen LogP contribution in [0.5, 0.6) is 17.2 Å². The fourth-order valence-corrected chi connectivity index (χ4v) is 15.7. The van der Waals surface area contributed by atoms with Gasteiger partial charge in [-0.2, -0.15) is 0 Å². The summed E-state index contributed by atoms with van der Waals surface area (Å²) in [6.07, 6.45) is 25.9. The highest BCUT2D eigenvalue weighted by atomic mass is 16.5. The second-order valence-electron chi connectivity index (χ2n) is 22.2. The van der Waals surface area contributed by atoms with Gasteiger partial charge in [0.15, 0.2) is 11.5 Å². The summed E-state index contributed by atoms with van der Waals surface area (Å²) in [4.78, 5) is 11.8. The van der Waals surface area contributed by atoms with E-state index in [-0.39, 0.29) is 5.97 Å². The first kappa shape index (κ1) is 41.6. The van der Waals surface area contributed by atoms with Crippen LogP contribution in [0.4, 0.5) is 0 Å². The molecule has 12 rings (SSSR count). The third-order valence-corrected chi connectivity index (χ3v) is 17.9. The van der Waals surface area contributed by atoms with Gasteiger partial charge in [-0.05, 0) is 201 Å². The molecule has 4 heteroatoms. The number of carbonyl (C=O) groups is 1. The van der Waals surface area contributed by atoms with E-state index in [0.717, 1.165) is 48.7 Å². The summed E-state index contributed by atoms with van der Waals surface area (Å²) < 4.78 is 19.6. The molecule has 6 bridgehead atoms. The minimum absolute atomic E-state index is 0.289. The topological polar surface area (TPSA) is 44.8 Å². The first-order chi connectivity index (χ1) is 30.8. The van der Waals surface area contributed by atoms with Crippen molar-refractivity contribution in [3.8, 4) is 17.2 Å². The van der Waals surface area contributed by atoms with Gasteiger partial charge in [-0.1, -0.05) is 92.1 Å². The molecule has 4 aromatic carbocycles. The molecule has 0 aliphatic heterocycles. The lowest BCUT2D eigenvalue weighted by atomic mass is 9.47. The molecule has 0 saturated heterocycles. The highest BCUT2D eigenvalue weighted by Crippen LogP contribution is 2.64. The predicted molar refractivity (Wildman–Crippen MR) is 253 cm³/mol. The Hall–Kier alpha value is -4.05. The van der Waals surface area contributed by atoms with Crippen molar-refractivity contribution in [1.82, 2.24) is 0 Å². The van der Waals surface area contributed by atoms with Crippen molar-refractivity contribution in [1.29, 1.82) is 0 Å². The number of fused-ring (bicyclic) bond motifs is 5. The first-order valence-corrected chi connectivity index (χ1v) is 25.5. The third-order valence-electron chi connectivity index (χ3n) is 17.9. The zero-order valence-corrected chi connectivity index (χ0v) is 38.3. The molecule has 7 fully saturated rings. The quantitative estimate of drug-likeness (QED) is 0.0883. The van der Waals surface area contributed by atoms with Gasteiger partial charge in [-0.3, -0.25) is 4.79 Å². The van der Waals surface area contributed by atoms with Crippen molar-refractivity contribution >= 4 is 5.97 Å². The molecule has 0 N–H and O–H groups in total. The van der Waals surface area contributed by atoms with Gasteiger partial charge in [0.25, 0.3) is 0 Å². The van der Waals surface area contributed by atoms with Crippen molar-refractivity contribution in [2.75, 3.05) is 13.7 Å². The summed E-state index contributed by atoms with van der Waals surface area (Å²) >= 11 is 0. The predicted octanol–water partition coefficient (Wildman–Crippen LogP) is 14.5. The van der Waals surface area contributed by atoms with E-state index < -0.39 is 0 Å². The highest BCUT2D eigenvalue weighted by molar-refractivity contribution is 5.69. The Morgan fingerprint density at radius 3 is 2.13 bits per heavy atom. The molecule has 4 nitrogen and oxygen atoms in total. The molecule has 8 aliphatic carbocycles. The molecule has 4 aromatic rings. The number of methoxy groups -OCH3 is 1. The lowest BCUT2D eigenvalue weighted by molar-refractivity contribution is -0.131. The van der Waals surface area contributed by atoms with Crippen LogP contribution in [0.25, 0.3) is 0 Å². The number of carbonyl (C=O) groups excluding carboxylic acids is 1. The average molecular weight is 844 g/mol. The average Bonchev–Trinajstić information content (AvgIpc) is 4.03. The molecule has 331 valence electrons. The Morgan fingerprint density at radius 2 is 1.41 bits per heavy atom. The smallest absolute Gasteiger partial charge is 0.308 e. The largest absolute Gasteiger partial charge is 0.493 e. The van der Waals surface area contributed by atoms with Crippen LogP contribution in [0, 0.1) is 46.8 Å². The molecule has 0 aromatic heterocycles. The van der Waals surface area contributed by atoms with E-state index in [1.807, 2.05) is 19.2 Å². The molecule has 0 heterocycles. The lowest BCUT2D eigenvalue weighted by Crippen LogP contribution is -2.46. The van der Waals surface area contributed by atoms with Gasteiger partial charge < -0.3 is 14.2 Å². The molecular formula is C59H71O4. The van der Waals surface area contributed by atoms with Crippen LogP contribution in [0.15, 0.2) is 84.9 Å². The fourth-order valence-electron chi connectivity index (χ4n) is 15.7. The molecule has 0 spiro atoms. The summed E-state index contributed by atoms with van der Waals surface area (Å²) in [5.74, 6) is 10.6. The number of hydrogen-bond acceptors (Lipinski definition) is 4. The van der Waals surface area contributed by atoms with E-state index in [9.17, 15) is 4.79 Å². The molecule has 1 radical (unpaired) electrons. The Balaban J connectivity index is 1.03. The SMILES string of the molecule is COc1c(Cc2ccc(OC(C)=O)cc2)cc([C](CC2CCC(c3ccccc3)C2)CC23CC4CC(CC(C4)C2)C3)c(CC2CC3CC2c2ccccc23)c1OCC1CCCCC1. The number of ether oxygens (including phenoxy) is 3. The minimum atomic E-state index is -0.289. The highest BCUT2D eigenvalue weighted by Gasteiger charge is 2.52. The Bertz CT molecular complexity index is 2200. The zero-order valence-electron chi connectivity index (χ0n) is 38.3. The molecule has 0 amide bonds. The van der Waals surface area contributed by atoms with Gasteiger partial charge in [-0.15, -0.1) is 0 Å². The van der Waals surface area contributed by atoms with Crippen molar-refractivity contribution in [3.63, 3.8) is 0 Å². The van der Waals surface area contributed by atoms with Crippen LogP contribution < -0.4 is 14.2 Å². The van der Waals surface area contributed by atoms with Crippen LogP contribution in [0.2, 0.25) is 0 Å². The Kier molecular flexibility index (Phi) is 11.7. The molecule has 63 heavy (non-hydrogen) atoms. The summed E-state index contributed by atoms with van der Waals surface area (Å²) in [5, 5.41) is 0. The van der Waals surface area contributed by atoms with Gasteiger partial charge in [0.05, 0.1) is 13.7 Å². The second kappa shape index (κ2) is 17.7. The maximum atomic E-state index is 11.8. The van der Waals surface area contributed by atoms with Crippen molar-refractivity contribution in [3.05, 3.63) is 130 Å². The Morgan fingerprint density at radius 1 is 0.698 bits per heavy atom. The second-order valence-corrected chi connectivity index (χ2v) is 22.2. The monoisotopic (exact) mass is 844 g/mol. The summed E-state index contributed by atoms with van der Waals surface area (Å²) in [5.41, 5.74) is 10.6. The summed E-state index contributed by atoms with van der Waals surface area (Å²) in [6.45, 7) is 2.24.